The molecule has 0 saturated carbocycles. The molecule has 0 aliphatic heterocycles. The first kappa shape index (κ1) is 38.2. The van der Waals surface area contributed by atoms with E-state index in [1.54, 1.807) is 0 Å². The Bertz CT molecular complexity index is 1700. The molecule has 0 heterocycles. The van der Waals surface area contributed by atoms with E-state index in [4.69, 9.17) is 9.47 Å². The predicted octanol–water partition coefficient (Wildman–Crippen LogP) is 6.84. The van der Waals surface area contributed by atoms with Gasteiger partial charge in [0.2, 0.25) is 0 Å². The lowest BCUT2D eigenvalue weighted by molar-refractivity contribution is -0.0513. The van der Waals surface area contributed by atoms with Crippen LogP contribution in [-0.2, 0) is 42.9 Å². The Hall–Kier alpha value is -4.22. The summed E-state index contributed by atoms with van der Waals surface area (Å²) in [5.41, 5.74) is -10.7. The molecular formula is C32H28F6O8S2. The van der Waals surface area contributed by atoms with Crippen molar-refractivity contribution in [2.75, 3.05) is 13.2 Å². The van der Waals surface area contributed by atoms with Crippen LogP contribution in [0.2, 0.25) is 0 Å². The summed E-state index contributed by atoms with van der Waals surface area (Å²) in [4.78, 5) is 0. The van der Waals surface area contributed by atoms with E-state index < -0.39 is 42.8 Å². The number of hydrogen-bond donors (Lipinski definition) is 0. The predicted molar refractivity (Wildman–Crippen MR) is 162 cm³/mol. The van der Waals surface area contributed by atoms with Crippen LogP contribution in [0.25, 0.3) is 0 Å². The standard InChI is InChI=1S/C32H28F6O8S2/c33-31(34,35)47(39,40)45-29-21-27(17-9-3-11-19-43-23-25-13-5-1-6-14-25)28(22-30(29)46-48(41,42)32(36,37)38)18-10-4-12-20-44-24-26-15-7-2-8-16-26/h1-2,5-8,13-16,21-22H,3-4,11-12,19-20,23-24H2. The van der Waals surface area contributed by atoms with E-state index >= 15 is 0 Å². The van der Waals surface area contributed by atoms with Crippen LogP contribution in [0.4, 0.5) is 26.3 Å². The average molecular weight is 719 g/mol. The third-order valence-corrected chi connectivity index (χ3v) is 7.83. The van der Waals surface area contributed by atoms with Crippen LogP contribution in [0.5, 0.6) is 11.5 Å². The summed E-state index contributed by atoms with van der Waals surface area (Å²) in [6.07, 6.45) is 1.16. The van der Waals surface area contributed by atoms with Crippen LogP contribution in [0.3, 0.4) is 0 Å². The molecule has 3 aromatic rings. The van der Waals surface area contributed by atoms with E-state index in [0.29, 0.717) is 38.2 Å². The molecule has 0 N–H and O–H groups in total. The summed E-state index contributed by atoms with van der Waals surface area (Å²) in [5.74, 6) is 7.54. The molecule has 0 amide bonds. The third-order valence-electron chi connectivity index (χ3n) is 5.90. The first-order valence-electron chi connectivity index (χ1n) is 14.0. The van der Waals surface area contributed by atoms with Crippen LogP contribution in [0.15, 0.2) is 72.8 Å². The Morgan fingerprint density at radius 1 is 0.562 bits per heavy atom. The van der Waals surface area contributed by atoms with E-state index in [2.05, 4.69) is 32.0 Å². The molecule has 0 saturated heterocycles. The van der Waals surface area contributed by atoms with E-state index in [0.717, 1.165) is 11.1 Å². The zero-order valence-electron chi connectivity index (χ0n) is 24.9. The normalized spacial score (nSPS) is 12.0. The molecule has 258 valence electrons. The highest BCUT2D eigenvalue weighted by Gasteiger charge is 2.51. The summed E-state index contributed by atoms with van der Waals surface area (Å²) in [5, 5.41) is 0. The molecule has 0 aliphatic carbocycles. The van der Waals surface area contributed by atoms with Crippen molar-refractivity contribution in [2.24, 2.45) is 0 Å². The van der Waals surface area contributed by atoms with Crippen LogP contribution in [-0.4, -0.2) is 41.1 Å². The van der Waals surface area contributed by atoms with Crippen molar-refractivity contribution in [3.05, 3.63) is 95.1 Å². The zero-order chi connectivity index (χ0) is 35.3. The van der Waals surface area contributed by atoms with Gasteiger partial charge >= 0.3 is 31.3 Å². The Kier molecular flexibility index (Phi) is 13.7. The Labute approximate surface area is 274 Å². The first-order valence-corrected chi connectivity index (χ1v) is 16.8. The van der Waals surface area contributed by atoms with Crippen molar-refractivity contribution < 1.29 is 61.0 Å². The molecule has 0 spiro atoms. The topological polar surface area (TPSA) is 105 Å². The van der Waals surface area contributed by atoms with E-state index in [9.17, 15) is 43.2 Å². The molecule has 3 aromatic carbocycles. The van der Waals surface area contributed by atoms with Gasteiger partial charge < -0.3 is 17.8 Å². The Morgan fingerprint density at radius 3 is 1.25 bits per heavy atom. The summed E-state index contributed by atoms with van der Waals surface area (Å²) in [6.45, 7) is 1.23. The van der Waals surface area contributed by atoms with Gasteiger partial charge in [-0.15, -0.1) is 0 Å². The fraction of sp³-hybridized carbons (Fsp3) is 0.312. The maximum Gasteiger partial charge on any atom is 0.534 e. The van der Waals surface area contributed by atoms with Crippen LogP contribution >= 0.6 is 0 Å². The lowest BCUT2D eigenvalue weighted by Gasteiger charge is -2.15. The molecule has 0 bridgehead atoms. The van der Waals surface area contributed by atoms with Gasteiger partial charge in [0.1, 0.15) is 0 Å². The number of ether oxygens (including phenoxy) is 2. The monoisotopic (exact) mass is 718 g/mol. The smallest absolute Gasteiger partial charge is 0.377 e. The second-order valence-electron chi connectivity index (χ2n) is 9.70. The van der Waals surface area contributed by atoms with Crippen molar-refractivity contribution in [3.63, 3.8) is 0 Å². The van der Waals surface area contributed by atoms with Crippen LogP contribution < -0.4 is 8.37 Å². The lowest BCUT2D eigenvalue weighted by Crippen LogP contribution is -2.30. The molecule has 0 unspecified atom stereocenters. The highest BCUT2D eigenvalue weighted by molar-refractivity contribution is 7.88. The number of halogens is 6. The highest BCUT2D eigenvalue weighted by atomic mass is 32.2. The zero-order valence-corrected chi connectivity index (χ0v) is 26.6. The summed E-state index contributed by atoms with van der Waals surface area (Å²) in [7, 11) is -12.9. The van der Waals surface area contributed by atoms with Gasteiger partial charge in [0.15, 0.2) is 11.5 Å². The fourth-order valence-corrected chi connectivity index (χ4v) is 4.52. The van der Waals surface area contributed by atoms with Crippen molar-refractivity contribution in [1.29, 1.82) is 0 Å². The Balaban J connectivity index is 1.85. The maximum absolute atomic E-state index is 13.1. The van der Waals surface area contributed by atoms with Gasteiger partial charge in [0, 0.05) is 49.3 Å². The van der Waals surface area contributed by atoms with Crippen LogP contribution in [0.1, 0.15) is 47.9 Å². The minimum atomic E-state index is -6.47. The molecule has 3 rings (SSSR count). The number of alkyl halides is 6. The van der Waals surface area contributed by atoms with E-state index in [1.165, 1.54) is 0 Å². The van der Waals surface area contributed by atoms with E-state index in [-0.39, 0.29) is 37.2 Å². The fourth-order valence-electron chi connectivity index (χ4n) is 3.60. The molecule has 8 nitrogen and oxygen atoms in total. The van der Waals surface area contributed by atoms with Crippen molar-refractivity contribution in [3.8, 4) is 35.2 Å². The minimum absolute atomic E-state index is 0.179. The number of rotatable bonds is 14. The molecule has 48 heavy (non-hydrogen) atoms. The number of unbranched alkanes of at least 4 members (excludes halogenated alkanes) is 2. The van der Waals surface area contributed by atoms with Crippen LogP contribution in [0, 0.1) is 23.7 Å². The number of hydrogen-bond acceptors (Lipinski definition) is 8. The van der Waals surface area contributed by atoms with Gasteiger partial charge in [-0.2, -0.15) is 43.2 Å². The van der Waals surface area contributed by atoms with Gasteiger partial charge in [0.05, 0.1) is 13.2 Å². The lowest BCUT2D eigenvalue weighted by atomic mass is 10.1. The van der Waals surface area contributed by atoms with Gasteiger partial charge in [0.25, 0.3) is 0 Å². The van der Waals surface area contributed by atoms with Gasteiger partial charge in [-0.25, -0.2) is 0 Å². The third kappa shape index (κ3) is 12.1. The second kappa shape index (κ2) is 17.3. The summed E-state index contributed by atoms with van der Waals surface area (Å²) >= 11 is 0. The average Bonchev–Trinajstić information content (AvgIpc) is 3.01. The molecule has 0 fully saturated rings. The van der Waals surface area contributed by atoms with E-state index in [1.807, 2.05) is 60.7 Å². The molecular weight excluding hydrogens is 690 g/mol. The summed E-state index contributed by atoms with van der Waals surface area (Å²) in [6, 6.07) is 19.6. The molecule has 0 atom stereocenters. The van der Waals surface area contributed by atoms with Crippen molar-refractivity contribution in [2.45, 2.75) is 49.9 Å². The highest BCUT2D eigenvalue weighted by Crippen LogP contribution is 2.38. The quantitative estimate of drug-likeness (QED) is 0.0587. The minimum Gasteiger partial charge on any atom is -0.377 e. The second-order valence-corrected chi connectivity index (χ2v) is 12.8. The number of benzene rings is 3. The summed E-state index contributed by atoms with van der Waals surface area (Å²) < 4.78 is 144. The Morgan fingerprint density at radius 2 is 0.917 bits per heavy atom. The molecule has 0 radical (unpaired) electrons. The maximum atomic E-state index is 13.1. The van der Waals surface area contributed by atoms with Crippen molar-refractivity contribution in [1.82, 2.24) is 0 Å². The molecule has 16 heteroatoms. The molecule has 0 aromatic heterocycles. The van der Waals surface area contributed by atoms with Gasteiger partial charge in [-0.3, -0.25) is 0 Å². The largest absolute Gasteiger partial charge is 0.534 e. The first-order chi connectivity index (χ1) is 22.6. The van der Waals surface area contributed by atoms with Gasteiger partial charge in [-0.05, 0) is 24.0 Å². The van der Waals surface area contributed by atoms with Gasteiger partial charge in [-0.1, -0.05) is 84.3 Å². The molecule has 0 aliphatic rings. The SMILES string of the molecule is O=S(=O)(Oc1cc(C#CCCCOCc2ccccc2)c(C#CCCCOCc2ccccc2)cc1OS(=O)(=O)C(F)(F)F)C(F)(F)F. The van der Waals surface area contributed by atoms with Crippen molar-refractivity contribution >= 4 is 20.2 Å².